The van der Waals surface area contributed by atoms with E-state index >= 15 is 0 Å². The highest BCUT2D eigenvalue weighted by Gasteiger charge is 2.29. The predicted octanol–water partition coefficient (Wildman–Crippen LogP) is 4.38. The molecule has 0 bridgehead atoms. The summed E-state index contributed by atoms with van der Waals surface area (Å²) in [6.07, 6.45) is 0. The molecule has 4 nitrogen and oxygen atoms in total. The molecule has 1 atom stereocenters. The van der Waals surface area contributed by atoms with Gasteiger partial charge in [0.2, 0.25) is 0 Å². The van der Waals surface area contributed by atoms with Crippen LogP contribution in [0.5, 0.6) is 0 Å². The summed E-state index contributed by atoms with van der Waals surface area (Å²) in [4.78, 5) is 0. The van der Waals surface area contributed by atoms with Gasteiger partial charge in [-0.15, -0.1) is 0 Å². The first kappa shape index (κ1) is 17.0. The Labute approximate surface area is 146 Å². The molecule has 0 unspecified atom stereocenters. The third kappa shape index (κ3) is 4.16. The number of hydrogen-bond donors (Lipinski definition) is 2. The van der Waals surface area contributed by atoms with Gasteiger partial charge in [-0.3, -0.25) is 4.72 Å². The molecule has 0 fully saturated rings. The van der Waals surface area contributed by atoms with Crippen LogP contribution >= 0.6 is 0 Å². The molecule has 0 heterocycles. The van der Waals surface area contributed by atoms with Crippen LogP contribution in [0.1, 0.15) is 10.9 Å². The van der Waals surface area contributed by atoms with Gasteiger partial charge < -0.3 is 5.32 Å². The van der Waals surface area contributed by atoms with E-state index in [9.17, 15) is 12.8 Å². The Kier molecular flexibility index (Phi) is 5.00. The second kappa shape index (κ2) is 7.36. The first-order chi connectivity index (χ1) is 12.1. The Bertz CT molecular complexity index is 932. The first-order valence-corrected chi connectivity index (χ1v) is 9.23. The highest BCUT2D eigenvalue weighted by atomic mass is 32.2. The molecule has 0 saturated carbocycles. The van der Waals surface area contributed by atoms with Crippen LogP contribution in [0.25, 0.3) is 0 Å². The van der Waals surface area contributed by atoms with Crippen molar-refractivity contribution in [2.45, 2.75) is 5.37 Å². The quantitative estimate of drug-likeness (QED) is 0.689. The van der Waals surface area contributed by atoms with Crippen molar-refractivity contribution < 1.29 is 12.8 Å². The number of halogens is 1. The summed E-state index contributed by atoms with van der Waals surface area (Å²) in [6, 6.07) is 23.2. The number of anilines is 2. The molecule has 25 heavy (non-hydrogen) atoms. The predicted molar refractivity (Wildman–Crippen MR) is 98.2 cm³/mol. The van der Waals surface area contributed by atoms with E-state index in [0.717, 1.165) is 0 Å². The van der Waals surface area contributed by atoms with Gasteiger partial charge in [0, 0.05) is 16.9 Å². The van der Waals surface area contributed by atoms with Gasteiger partial charge in [0.15, 0.2) is 5.37 Å². The van der Waals surface area contributed by atoms with Gasteiger partial charge in [-0.1, -0.05) is 54.6 Å². The molecule has 0 radical (unpaired) electrons. The Morgan fingerprint density at radius 2 is 1.24 bits per heavy atom. The lowest BCUT2D eigenvalue weighted by molar-refractivity contribution is 0.579. The molecule has 3 rings (SSSR count). The zero-order valence-corrected chi connectivity index (χ0v) is 14.1. The van der Waals surface area contributed by atoms with Gasteiger partial charge in [0.05, 0.1) is 0 Å². The van der Waals surface area contributed by atoms with Crippen LogP contribution in [0.3, 0.4) is 0 Å². The molecule has 0 aliphatic heterocycles. The van der Waals surface area contributed by atoms with Gasteiger partial charge >= 0.3 is 0 Å². The molecular formula is C19H17FN2O2S. The molecule has 0 spiro atoms. The van der Waals surface area contributed by atoms with E-state index in [1.54, 1.807) is 60.7 Å². The normalized spacial score (nSPS) is 12.4. The van der Waals surface area contributed by atoms with E-state index in [2.05, 4.69) is 10.0 Å². The molecule has 0 amide bonds. The summed E-state index contributed by atoms with van der Waals surface area (Å²) in [7, 11) is -3.95. The van der Waals surface area contributed by atoms with Gasteiger partial charge in [-0.25, -0.2) is 12.8 Å². The van der Waals surface area contributed by atoms with E-state index < -0.39 is 21.2 Å². The lowest BCUT2D eigenvalue weighted by Crippen LogP contribution is -2.28. The smallest absolute Gasteiger partial charge is 0.258 e. The lowest BCUT2D eigenvalue weighted by Gasteiger charge is -2.22. The van der Waals surface area contributed by atoms with Crippen LogP contribution in [0.4, 0.5) is 15.8 Å². The Balaban J connectivity index is 1.99. The standard InChI is InChI=1S/C19H17FN2O2S/c20-18-14-8-7-13-17(18)19(21-15-9-3-1-4-10-15)25(23,24)22-16-11-5-2-6-12-16/h1-14,19,21-22H/t19-/m0/s1. The third-order valence-electron chi connectivity index (χ3n) is 3.60. The lowest BCUT2D eigenvalue weighted by atomic mass is 10.2. The van der Waals surface area contributed by atoms with Crippen LogP contribution in [0.2, 0.25) is 0 Å². The van der Waals surface area contributed by atoms with Crippen molar-refractivity contribution in [2.75, 3.05) is 10.0 Å². The second-order valence-corrected chi connectivity index (χ2v) is 7.19. The average Bonchev–Trinajstić information content (AvgIpc) is 2.62. The number of sulfonamides is 1. The maximum Gasteiger partial charge on any atom is 0.258 e. The van der Waals surface area contributed by atoms with Crippen LogP contribution < -0.4 is 10.0 Å². The highest BCUT2D eigenvalue weighted by Crippen LogP contribution is 2.28. The number of nitrogens with one attached hydrogen (secondary N) is 2. The molecule has 2 N–H and O–H groups in total. The fourth-order valence-electron chi connectivity index (χ4n) is 2.43. The van der Waals surface area contributed by atoms with Gasteiger partial charge in [-0.05, 0) is 30.3 Å². The van der Waals surface area contributed by atoms with E-state index in [4.69, 9.17) is 0 Å². The van der Waals surface area contributed by atoms with Gasteiger partial charge in [0.1, 0.15) is 5.82 Å². The Morgan fingerprint density at radius 1 is 0.720 bits per heavy atom. The van der Waals surface area contributed by atoms with Gasteiger partial charge in [0.25, 0.3) is 10.0 Å². The maximum absolute atomic E-state index is 14.3. The number of hydrogen-bond acceptors (Lipinski definition) is 3. The summed E-state index contributed by atoms with van der Waals surface area (Å²) >= 11 is 0. The molecule has 3 aromatic carbocycles. The molecule has 128 valence electrons. The van der Waals surface area contributed by atoms with Crippen LogP contribution in [0, 0.1) is 5.82 Å². The fraction of sp³-hybridized carbons (Fsp3) is 0.0526. The van der Waals surface area contributed by atoms with Crippen molar-refractivity contribution in [3.8, 4) is 0 Å². The molecule has 0 saturated heterocycles. The molecule has 0 aliphatic rings. The molecule has 0 aromatic heterocycles. The summed E-state index contributed by atoms with van der Waals surface area (Å²) in [5, 5.41) is 1.62. The largest absolute Gasteiger partial charge is 0.364 e. The number of benzene rings is 3. The monoisotopic (exact) mass is 356 g/mol. The molecular weight excluding hydrogens is 339 g/mol. The number of para-hydroxylation sites is 2. The minimum atomic E-state index is -3.95. The third-order valence-corrected chi connectivity index (χ3v) is 5.12. The topological polar surface area (TPSA) is 58.2 Å². The van der Waals surface area contributed by atoms with Crippen molar-refractivity contribution >= 4 is 21.4 Å². The minimum Gasteiger partial charge on any atom is -0.364 e. The summed E-state index contributed by atoms with van der Waals surface area (Å²) < 4.78 is 42.6. The minimum absolute atomic E-state index is 0.0507. The second-order valence-electron chi connectivity index (χ2n) is 5.43. The zero-order chi connectivity index (χ0) is 17.7. The fourth-order valence-corrected chi connectivity index (χ4v) is 3.82. The van der Waals surface area contributed by atoms with Crippen molar-refractivity contribution in [3.63, 3.8) is 0 Å². The SMILES string of the molecule is O=S(=O)(Nc1ccccc1)[C@H](Nc1ccccc1)c1ccccc1F. The first-order valence-electron chi connectivity index (χ1n) is 7.69. The van der Waals surface area contributed by atoms with Crippen molar-refractivity contribution in [1.82, 2.24) is 0 Å². The summed E-state index contributed by atoms with van der Waals surface area (Å²) in [6.45, 7) is 0. The average molecular weight is 356 g/mol. The van der Waals surface area contributed by atoms with Crippen molar-refractivity contribution in [2.24, 2.45) is 0 Å². The molecule has 0 aliphatic carbocycles. The van der Waals surface area contributed by atoms with Crippen molar-refractivity contribution in [3.05, 3.63) is 96.3 Å². The Morgan fingerprint density at radius 3 is 1.84 bits per heavy atom. The zero-order valence-electron chi connectivity index (χ0n) is 13.3. The van der Waals surface area contributed by atoms with Crippen molar-refractivity contribution in [1.29, 1.82) is 0 Å². The highest BCUT2D eigenvalue weighted by molar-refractivity contribution is 7.93. The van der Waals surface area contributed by atoms with Crippen LogP contribution in [0.15, 0.2) is 84.9 Å². The Hall–Kier alpha value is -2.86. The van der Waals surface area contributed by atoms with Crippen LogP contribution in [-0.4, -0.2) is 8.42 Å². The van der Waals surface area contributed by atoms with E-state index in [0.29, 0.717) is 11.4 Å². The molecule has 6 heteroatoms. The van der Waals surface area contributed by atoms with Crippen LogP contribution in [-0.2, 0) is 10.0 Å². The summed E-state index contributed by atoms with van der Waals surface area (Å²) in [5.74, 6) is -0.589. The number of rotatable bonds is 6. The molecule has 3 aromatic rings. The van der Waals surface area contributed by atoms with E-state index in [1.165, 1.54) is 18.2 Å². The maximum atomic E-state index is 14.3. The summed E-state index contributed by atoms with van der Waals surface area (Å²) in [5.41, 5.74) is 1.04. The van der Waals surface area contributed by atoms with E-state index in [-0.39, 0.29) is 5.56 Å². The van der Waals surface area contributed by atoms with E-state index in [1.807, 2.05) is 6.07 Å². The van der Waals surface area contributed by atoms with Gasteiger partial charge in [-0.2, -0.15) is 0 Å².